The highest BCUT2D eigenvalue weighted by Crippen LogP contribution is 2.32. The molecule has 0 atom stereocenters. The van der Waals surface area contributed by atoms with Crippen molar-refractivity contribution in [3.05, 3.63) is 88.0 Å². The molecule has 2 aromatic rings. The van der Waals surface area contributed by atoms with Crippen molar-refractivity contribution in [2.45, 2.75) is 130 Å². The summed E-state index contributed by atoms with van der Waals surface area (Å²) in [5.41, 5.74) is 17.0. The Hall–Kier alpha value is -2.66. The van der Waals surface area contributed by atoms with Crippen LogP contribution in [0.15, 0.2) is 60.2 Å². The van der Waals surface area contributed by atoms with Crippen molar-refractivity contribution in [3.8, 4) is 0 Å². The molecule has 0 saturated carbocycles. The predicted molar refractivity (Wildman–Crippen MR) is 166 cm³/mol. The van der Waals surface area contributed by atoms with Crippen molar-refractivity contribution in [1.29, 1.82) is 0 Å². The van der Waals surface area contributed by atoms with Gasteiger partial charge in [-0.1, -0.05) is 140 Å². The zero-order valence-electron chi connectivity index (χ0n) is 24.6. The van der Waals surface area contributed by atoms with Crippen LogP contribution in [0, 0.1) is 0 Å². The van der Waals surface area contributed by atoms with E-state index in [2.05, 4.69) is 80.0 Å². The number of benzene rings is 2. The fraction of sp³-hybridized carbons (Fsp3) is 0.556. The fourth-order valence-electron chi connectivity index (χ4n) is 5.26. The number of rotatable bonds is 20. The van der Waals surface area contributed by atoms with Gasteiger partial charge in [0.15, 0.2) is 0 Å². The number of hydrogen-bond donors (Lipinski definition) is 0. The lowest BCUT2D eigenvalue weighted by molar-refractivity contribution is 0.00800. The average Bonchev–Trinajstić information content (AvgIpc) is 2.94. The third-order valence-corrected chi connectivity index (χ3v) is 7.49. The summed E-state index contributed by atoms with van der Waals surface area (Å²) < 4.78 is 0. The fourth-order valence-corrected chi connectivity index (χ4v) is 5.26. The zero-order chi connectivity index (χ0) is 27.3. The Balaban J connectivity index is 2.39. The van der Waals surface area contributed by atoms with Crippen LogP contribution in [-0.4, -0.2) is 10.7 Å². The first-order valence-corrected chi connectivity index (χ1v) is 15.6. The zero-order valence-corrected chi connectivity index (χ0v) is 24.6. The van der Waals surface area contributed by atoms with Crippen LogP contribution in [0.1, 0.15) is 139 Å². The Morgan fingerprint density at radius 3 is 1.71 bits per heavy atom. The van der Waals surface area contributed by atoms with Gasteiger partial charge in [-0.15, -0.1) is 4.79 Å². The van der Waals surface area contributed by atoms with Crippen molar-refractivity contribution in [2.75, 3.05) is 0 Å². The van der Waals surface area contributed by atoms with E-state index in [1.54, 1.807) is 0 Å². The Bertz CT molecular complexity index is 1030. The average molecular weight is 513 g/mol. The van der Waals surface area contributed by atoms with E-state index in [4.69, 9.17) is 0 Å². The summed E-state index contributed by atoms with van der Waals surface area (Å²) in [6, 6.07) is 18.2. The van der Waals surface area contributed by atoms with Crippen molar-refractivity contribution < 1.29 is 4.79 Å². The summed E-state index contributed by atoms with van der Waals surface area (Å²) >= 11 is 0. The molecule has 0 aromatic heterocycles. The number of hydrogen-bond acceptors (Lipinski definition) is 0. The molecular weight excluding hydrogens is 460 g/mol. The summed E-state index contributed by atoms with van der Waals surface area (Å²) in [5, 5.41) is 0. The highest BCUT2D eigenvalue weighted by Gasteiger charge is 2.13. The normalized spacial score (nSPS) is 11.6. The van der Waals surface area contributed by atoms with Gasteiger partial charge in [0.1, 0.15) is 0 Å². The standard InChI is InChI=1S/C36H52N2/c1-4-7-10-12-14-16-21-32-23-19-26-35(30-32)36(34-25-18-22-31(29-34)20-9-6-3)33(27-28-38-37)24-17-15-13-11-8-5-2/h18-19,22-23,25-27,29-30H,4-17,20-21,24H2,1-3H3. The van der Waals surface area contributed by atoms with Gasteiger partial charge in [0.25, 0.3) is 5.87 Å². The Labute approximate surface area is 233 Å². The van der Waals surface area contributed by atoms with Crippen molar-refractivity contribution >= 4 is 11.4 Å². The maximum atomic E-state index is 9.23. The molecule has 0 aliphatic carbocycles. The van der Waals surface area contributed by atoms with Gasteiger partial charge >= 0.3 is 0 Å². The van der Waals surface area contributed by atoms with Gasteiger partial charge in [-0.25, -0.2) is 0 Å². The molecule has 0 aliphatic rings. The second-order valence-corrected chi connectivity index (χ2v) is 10.8. The molecule has 0 amide bonds. The highest BCUT2D eigenvalue weighted by molar-refractivity contribution is 5.85. The predicted octanol–water partition coefficient (Wildman–Crippen LogP) is 10.9. The van der Waals surface area contributed by atoms with Crippen LogP contribution in [-0.2, 0) is 12.8 Å². The molecule has 0 bridgehead atoms. The van der Waals surface area contributed by atoms with Crippen LogP contribution in [0.25, 0.3) is 11.1 Å². The van der Waals surface area contributed by atoms with Gasteiger partial charge in [-0.05, 0) is 71.9 Å². The molecule has 0 N–H and O–H groups in total. The number of unbranched alkanes of at least 4 members (excludes halogenated alkanes) is 11. The molecule has 0 unspecified atom stereocenters. The largest absolute Gasteiger partial charge is 0.348 e. The second kappa shape index (κ2) is 20.3. The van der Waals surface area contributed by atoms with Crippen LogP contribution < -0.4 is 0 Å². The Morgan fingerprint density at radius 2 is 1.16 bits per heavy atom. The Kier molecular flexibility index (Phi) is 16.9. The number of aryl methyl sites for hydroxylation is 2. The SMILES string of the molecule is CCCCCCCCC(C=C=[N+]=[N-])=C(c1cccc(CCCC)c1)c1cccc(CCCCCCCC)c1. The number of allylic oxidation sites excluding steroid dienone is 2. The van der Waals surface area contributed by atoms with Gasteiger partial charge in [-0.3, -0.25) is 0 Å². The summed E-state index contributed by atoms with van der Waals surface area (Å²) in [5.74, 6) is 2.75. The van der Waals surface area contributed by atoms with E-state index in [0.717, 1.165) is 25.7 Å². The minimum atomic E-state index is 0.963. The molecule has 2 nitrogen and oxygen atoms in total. The van der Waals surface area contributed by atoms with E-state index in [-0.39, 0.29) is 0 Å². The molecule has 2 heteroatoms. The van der Waals surface area contributed by atoms with E-state index in [9.17, 15) is 5.53 Å². The van der Waals surface area contributed by atoms with Crippen molar-refractivity contribution in [2.24, 2.45) is 0 Å². The van der Waals surface area contributed by atoms with E-state index in [0.29, 0.717) is 0 Å². The lowest BCUT2D eigenvalue weighted by atomic mass is 9.88. The first-order chi connectivity index (χ1) is 18.7. The van der Waals surface area contributed by atoms with Gasteiger partial charge in [-0.2, -0.15) is 0 Å². The van der Waals surface area contributed by atoms with E-state index in [1.807, 2.05) is 6.08 Å². The van der Waals surface area contributed by atoms with E-state index < -0.39 is 0 Å². The van der Waals surface area contributed by atoms with Crippen LogP contribution in [0.2, 0.25) is 0 Å². The van der Waals surface area contributed by atoms with E-state index >= 15 is 0 Å². The summed E-state index contributed by atoms with van der Waals surface area (Å²) in [6.07, 6.45) is 23.0. The van der Waals surface area contributed by atoms with Crippen molar-refractivity contribution in [3.63, 3.8) is 0 Å². The van der Waals surface area contributed by atoms with E-state index in [1.165, 1.54) is 117 Å². The molecule has 0 spiro atoms. The second-order valence-electron chi connectivity index (χ2n) is 10.8. The topological polar surface area (TPSA) is 36.4 Å². The maximum absolute atomic E-state index is 9.23. The van der Waals surface area contributed by atoms with Crippen LogP contribution in [0.3, 0.4) is 0 Å². The molecule has 0 saturated heterocycles. The lowest BCUT2D eigenvalue weighted by Crippen LogP contribution is -1.98. The van der Waals surface area contributed by atoms with Gasteiger partial charge in [0.05, 0.1) is 6.08 Å². The Morgan fingerprint density at radius 1 is 0.658 bits per heavy atom. The van der Waals surface area contributed by atoms with Crippen LogP contribution >= 0.6 is 0 Å². The molecule has 2 rings (SSSR count). The third kappa shape index (κ3) is 12.3. The quantitative estimate of drug-likeness (QED) is 0.0556. The minimum Gasteiger partial charge on any atom is -0.348 e. The molecule has 0 heterocycles. The van der Waals surface area contributed by atoms with Gasteiger partial charge in [0, 0.05) is 0 Å². The molecular formula is C36H52N2. The first kappa shape index (κ1) is 31.6. The number of nitrogens with zero attached hydrogens (tertiary/aromatic N) is 2. The van der Waals surface area contributed by atoms with Gasteiger partial charge < -0.3 is 5.53 Å². The highest BCUT2D eigenvalue weighted by atomic mass is 14.8. The third-order valence-electron chi connectivity index (χ3n) is 7.49. The van der Waals surface area contributed by atoms with Crippen LogP contribution in [0.4, 0.5) is 0 Å². The molecule has 0 fully saturated rings. The minimum absolute atomic E-state index is 0.963. The lowest BCUT2D eigenvalue weighted by Gasteiger charge is -2.16. The molecule has 0 radical (unpaired) electrons. The molecule has 2 aromatic carbocycles. The first-order valence-electron chi connectivity index (χ1n) is 15.6. The molecule has 206 valence electrons. The van der Waals surface area contributed by atoms with Gasteiger partial charge in [0.2, 0.25) is 0 Å². The molecule has 38 heavy (non-hydrogen) atoms. The smallest absolute Gasteiger partial charge is 0.299 e. The van der Waals surface area contributed by atoms with Crippen molar-refractivity contribution in [1.82, 2.24) is 0 Å². The monoisotopic (exact) mass is 512 g/mol. The maximum Gasteiger partial charge on any atom is 0.299 e. The summed E-state index contributed by atoms with van der Waals surface area (Å²) in [4.78, 5) is 3.22. The summed E-state index contributed by atoms with van der Waals surface area (Å²) in [6.45, 7) is 6.79. The van der Waals surface area contributed by atoms with Crippen LogP contribution in [0.5, 0.6) is 0 Å². The molecule has 0 aliphatic heterocycles. The summed E-state index contributed by atoms with van der Waals surface area (Å²) in [7, 11) is 0.